The Labute approximate surface area is 439 Å². The van der Waals surface area contributed by atoms with Gasteiger partial charge in [0.15, 0.2) is 27.0 Å². The molecule has 21 nitrogen and oxygen atoms in total. The zero-order chi connectivity index (χ0) is 54.2. The number of amides is 1. The molecule has 0 spiro atoms. The van der Waals surface area contributed by atoms with E-state index in [1.54, 1.807) is 38.1 Å². The van der Waals surface area contributed by atoms with Gasteiger partial charge in [0.25, 0.3) is 0 Å². The van der Waals surface area contributed by atoms with Crippen LogP contribution in [0, 0.1) is 0 Å². The van der Waals surface area contributed by atoms with Crippen LogP contribution in [0.2, 0.25) is 18.1 Å². The van der Waals surface area contributed by atoms with Crippen LogP contribution in [-0.4, -0.2) is 119 Å². The second-order valence-electron chi connectivity index (χ2n) is 19.7. The van der Waals surface area contributed by atoms with Gasteiger partial charge in [-0.05, 0) is 52.3 Å². The fourth-order valence-electron chi connectivity index (χ4n) is 8.06. The first kappa shape index (κ1) is 59.2. The number of aliphatic hydroxyl groups is 1. The minimum atomic E-state index is -4.60. The summed E-state index contributed by atoms with van der Waals surface area (Å²) >= 11 is 0. The van der Waals surface area contributed by atoms with Crippen molar-refractivity contribution in [2.24, 2.45) is 5.11 Å². The molecule has 410 valence electrons. The number of ether oxygens (including phenoxy) is 8. The summed E-state index contributed by atoms with van der Waals surface area (Å²) in [4.78, 5) is 43.5. The number of azide groups is 1. The van der Waals surface area contributed by atoms with E-state index in [1.165, 1.54) is 6.08 Å². The summed E-state index contributed by atoms with van der Waals surface area (Å²) in [6.07, 6.45) is -12.3. The highest BCUT2D eigenvalue weighted by Gasteiger charge is 2.55. The Morgan fingerprint density at radius 3 is 2.07 bits per heavy atom. The van der Waals surface area contributed by atoms with Crippen molar-refractivity contribution in [3.05, 3.63) is 130 Å². The molecule has 2 saturated heterocycles. The maximum Gasteiger partial charge on any atom is 0.509 e. The Balaban J connectivity index is 1.42. The van der Waals surface area contributed by atoms with Gasteiger partial charge < -0.3 is 52.7 Å². The highest BCUT2D eigenvalue weighted by atomic mass is 31.2. The van der Waals surface area contributed by atoms with E-state index < -0.39 is 108 Å². The standard InChI is InChI=1S/C52H71N4O17PSi/c1-9-26-63-51(60)71-48-44(54-41(57)27-38(10-2)68-42(58)11-3)49(69-39(32-62-28-34-20-14-12-15-21-34)47(48)72-74(61)66-30-36-24-18-19-25-37(36)31-67-74)65-33-40-46(64-29-35-22-16-13-17-23-35)45(59)43(55-56-53)50(70-40)73-75(7,8)52(4,5)6/h9,12-25,38-40,43-50,59H,1,10-11,26-33H2,2-8H3,(H,54,57)/t38-,39?,40?,43?,44?,45-,46-,47-,48-,49-,50?/m1/s1. The molecule has 3 aliphatic rings. The third-order valence-corrected chi connectivity index (χ3v) is 19.1. The second kappa shape index (κ2) is 27.8. The molecule has 6 rings (SSSR count). The highest BCUT2D eigenvalue weighted by Crippen LogP contribution is 2.55. The summed E-state index contributed by atoms with van der Waals surface area (Å²) in [7, 11) is -7.31. The van der Waals surface area contributed by atoms with Crippen molar-refractivity contribution in [1.29, 1.82) is 0 Å². The van der Waals surface area contributed by atoms with E-state index >= 15 is 0 Å². The number of carbonyl (C=O) groups is 3. The number of hydrogen-bond donors (Lipinski definition) is 2. The lowest BCUT2D eigenvalue weighted by atomic mass is 9.95. The van der Waals surface area contributed by atoms with Crippen LogP contribution in [0.15, 0.2) is 103 Å². The molecule has 5 unspecified atom stereocenters. The predicted octanol–water partition coefficient (Wildman–Crippen LogP) is 8.87. The lowest BCUT2D eigenvalue weighted by Crippen LogP contribution is -2.67. The maximum atomic E-state index is 14.8. The van der Waals surface area contributed by atoms with Gasteiger partial charge in [-0.1, -0.05) is 137 Å². The van der Waals surface area contributed by atoms with Crippen molar-refractivity contribution in [1.82, 2.24) is 5.32 Å². The van der Waals surface area contributed by atoms with Gasteiger partial charge >= 0.3 is 19.9 Å². The van der Waals surface area contributed by atoms with E-state index in [1.807, 2.05) is 94.5 Å². The molecule has 0 aromatic heterocycles. The summed E-state index contributed by atoms with van der Waals surface area (Å²) in [6, 6.07) is 22.8. The normalized spacial score (nSPS) is 26.0. The third-order valence-electron chi connectivity index (χ3n) is 13.3. The molecule has 11 atom stereocenters. The number of nitrogens with one attached hydrogen (secondary N) is 1. The van der Waals surface area contributed by atoms with Gasteiger partial charge in [0.2, 0.25) is 5.91 Å². The van der Waals surface area contributed by atoms with Crippen molar-refractivity contribution in [3.63, 3.8) is 0 Å². The topological polar surface area (TPSA) is 260 Å². The number of carbonyl (C=O) groups excluding carboxylic acids is 3. The molecule has 0 aliphatic carbocycles. The fourth-order valence-corrected chi connectivity index (χ4v) is 10.5. The average Bonchev–Trinajstić information content (AvgIpc) is 3.55. The first-order valence-electron chi connectivity index (χ1n) is 25.0. The van der Waals surface area contributed by atoms with Crippen LogP contribution < -0.4 is 5.32 Å². The first-order chi connectivity index (χ1) is 35.9. The lowest BCUT2D eigenvalue weighted by molar-refractivity contribution is -0.299. The monoisotopic (exact) mass is 1080 g/mol. The van der Waals surface area contributed by atoms with Crippen molar-refractivity contribution < 1.29 is 79.9 Å². The molecule has 23 heteroatoms. The van der Waals surface area contributed by atoms with Gasteiger partial charge in [0.1, 0.15) is 49.2 Å². The number of hydrogen-bond acceptors (Lipinski definition) is 18. The average molecular weight is 1080 g/mol. The van der Waals surface area contributed by atoms with Gasteiger partial charge in [0.05, 0.1) is 52.2 Å². The van der Waals surface area contributed by atoms with Crippen LogP contribution in [0.3, 0.4) is 0 Å². The number of esters is 1. The van der Waals surface area contributed by atoms with Crippen molar-refractivity contribution in [3.8, 4) is 0 Å². The first-order valence-corrected chi connectivity index (χ1v) is 29.4. The zero-order valence-electron chi connectivity index (χ0n) is 43.6. The van der Waals surface area contributed by atoms with E-state index in [0.29, 0.717) is 11.1 Å². The summed E-state index contributed by atoms with van der Waals surface area (Å²) in [5.74, 6) is -1.22. The fraction of sp³-hybridized carbons (Fsp3) is 0.558. The minimum Gasteiger partial charge on any atom is -0.462 e. The summed E-state index contributed by atoms with van der Waals surface area (Å²) < 4.78 is 89.2. The molecule has 75 heavy (non-hydrogen) atoms. The SMILES string of the molecule is C=CCOC(=O)O[C@@H]1C(NC(=O)C[C@@H](CC)OC(=O)CC)[C@H](OCC2OC(O[Si](C)(C)C(C)(C)C)C(N=[N+]=[N-])[C@@H](O)[C@@H]2OCc2ccccc2)OC(COCc2ccccc2)[C@H]1OP1(=O)OCc2ccccc2CO1. The Bertz CT molecular complexity index is 2400. The van der Waals surface area contributed by atoms with E-state index in [2.05, 4.69) is 21.9 Å². The van der Waals surface area contributed by atoms with Crippen LogP contribution in [0.1, 0.15) is 76.1 Å². The Morgan fingerprint density at radius 2 is 1.48 bits per heavy atom. The van der Waals surface area contributed by atoms with E-state index in [-0.39, 0.29) is 63.9 Å². The maximum absolute atomic E-state index is 14.8. The molecule has 1 amide bonds. The molecular weight excluding hydrogens is 1010 g/mol. The van der Waals surface area contributed by atoms with Crippen molar-refractivity contribution in [2.75, 3.05) is 19.8 Å². The minimum absolute atomic E-state index is 0.00313. The number of nitrogens with zero attached hydrogens (tertiary/aromatic N) is 3. The van der Waals surface area contributed by atoms with E-state index in [0.717, 1.165) is 11.1 Å². The number of phosphoric acid groups is 1. The smallest absolute Gasteiger partial charge is 0.462 e. The zero-order valence-corrected chi connectivity index (χ0v) is 45.5. The molecule has 0 saturated carbocycles. The number of benzene rings is 3. The lowest BCUT2D eigenvalue weighted by Gasteiger charge is -2.48. The third kappa shape index (κ3) is 16.7. The van der Waals surface area contributed by atoms with E-state index in [9.17, 15) is 29.6 Å². The summed E-state index contributed by atoms with van der Waals surface area (Å²) in [6.45, 7) is 15.7. The van der Waals surface area contributed by atoms with Crippen LogP contribution in [-0.2, 0) is 96.5 Å². The molecular formula is C52H71N4O17PSi. The summed E-state index contributed by atoms with van der Waals surface area (Å²) in [5, 5.41) is 18.6. The van der Waals surface area contributed by atoms with Crippen molar-refractivity contribution >= 4 is 34.2 Å². The van der Waals surface area contributed by atoms with Crippen molar-refractivity contribution in [2.45, 2.75) is 166 Å². The number of aliphatic hydroxyl groups excluding tert-OH is 1. The van der Waals surface area contributed by atoms with Gasteiger partial charge in [-0.15, -0.1) is 0 Å². The Kier molecular flexibility index (Phi) is 22.0. The molecule has 3 aromatic rings. The molecule has 0 bridgehead atoms. The molecule has 3 heterocycles. The van der Waals surface area contributed by atoms with Gasteiger partial charge in [-0.25, -0.2) is 9.36 Å². The molecule has 0 radical (unpaired) electrons. The Hall–Kier alpha value is -5.03. The van der Waals surface area contributed by atoms with Gasteiger partial charge in [-0.3, -0.25) is 23.2 Å². The molecule has 3 aliphatic heterocycles. The largest absolute Gasteiger partial charge is 0.509 e. The predicted molar refractivity (Wildman–Crippen MR) is 274 cm³/mol. The molecule has 2 N–H and O–H groups in total. The van der Waals surface area contributed by atoms with Gasteiger partial charge in [0, 0.05) is 11.3 Å². The number of rotatable bonds is 24. The second-order valence-corrected chi connectivity index (χ2v) is 26.1. The molecule has 3 aromatic carbocycles. The number of phosphoric ester groups is 1. The van der Waals surface area contributed by atoms with E-state index in [4.69, 9.17) is 55.9 Å². The Morgan fingerprint density at radius 1 is 0.880 bits per heavy atom. The quantitative estimate of drug-likeness (QED) is 0.0161. The van der Waals surface area contributed by atoms with Gasteiger partial charge in [-0.2, -0.15) is 0 Å². The molecule has 2 fully saturated rings. The van der Waals surface area contributed by atoms with Crippen LogP contribution in [0.25, 0.3) is 10.4 Å². The van der Waals surface area contributed by atoms with Crippen LogP contribution in [0.4, 0.5) is 4.79 Å². The summed E-state index contributed by atoms with van der Waals surface area (Å²) in [5.41, 5.74) is 12.7. The van der Waals surface area contributed by atoms with Crippen LogP contribution in [0.5, 0.6) is 0 Å². The highest BCUT2D eigenvalue weighted by molar-refractivity contribution is 7.48. The number of fused-ring (bicyclic) bond motifs is 1. The van der Waals surface area contributed by atoms with Crippen LogP contribution >= 0.6 is 7.82 Å².